The van der Waals surface area contributed by atoms with Crippen LogP contribution < -0.4 is 5.73 Å². The Bertz CT molecular complexity index is 585. The van der Waals surface area contributed by atoms with Crippen molar-refractivity contribution in [3.05, 3.63) is 39.5 Å². The lowest BCUT2D eigenvalue weighted by Gasteiger charge is -2.08. The molecule has 2 N–H and O–H groups in total. The van der Waals surface area contributed by atoms with Gasteiger partial charge >= 0.3 is 0 Å². The zero-order valence-corrected chi connectivity index (χ0v) is 12.7. The Labute approximate surface area is 116 Å². The number of hydrogen-bond acceptors (Lipinski definition) is 2. The summed E-state index contributed by atoms with van der Waals surface area (Å²) in [6.07, 6.45) is 0. The second-order valence-corrected chi connectivity index (χ2v) is 5.73. The Balaban J connectivity index is 2.64. The Morgan fingerprint density at radius 2 is 1.94 bits per heavy atom. The van der Waals surface area contributed by atoms with Crippen LogP contribution >= 0.6 is 15.9 Å². The van der Waals surface area contributed by atoms with Crippen molar-refractivity contribution in [1.82, 2.24) is 9.78 Å². The summed E-state index contributed by atoms with van der Waals surface area (Å²) in [5.41, 5.74) is 10.5. The molecule has 0 fully saturated rings. The van der Waals surface area contributed by atoms with Crippen LogP contribution in [0.5, 0.6) is 0 Å². The van der Waals surface area contributed by atoms with Gasteiger partial charge in [-0.1, -0.05) is 26.0 Å². The summed E-state index contributed by atoms with van der Waals surface area (Å²) >= 11 is 3.53. The van der Waals surface area contributed by atoms with Gasteiger partial charge in [0.1, 0.15) is 5.82 Å². The molecule has 2 rings (SSSR count). The van der Waals surface area contributed by atoms with E-state index in [1.165, 1.54) is 5.56 Å². The summed E-state index contributed by atoms with van der Waals surface area (Å²) in [4.78, 5) is 0. The molecule has 2 aromatic rings. The number of rotatable bonds is 2. The molecule has 0 aliphatic carbocycles. The first-order chi connectivity index (χ1) is 8.41. The zero-order valence-electron chi connectivity index (χ0n) is 11.2. The number of aromatic nitrogens is 2. The molecule has 1 heterocycles. The van der Waals surface area contributed by atoms with E-state index in [9.17, 15) is 0 Å². The van der Waals surface area contributed by atoms with E-state index in [0.29, 0.717) is 11.7 Å². The van der Waals surface area contributed by atoms with Crippen molar-refractivity contribution in [2.45, 2.75) is 33.6 Å². The van der Waals surface area contributed by atoms with Crippen molar-refractivity contribution in [1.29, 1.82) is 0 Å². The smallest absolute Gasteiger partial charge is 0.141 e. The van der Waals surface area contributed by atoms with E-state index in [-0.39, 0.29) is 0 Å². The van der Waals surface area contributed by atoms with Crippen LogP contribution in [0, 0.1) is 13.8 Å². The van der Waals surface area contributed by atoms with Crippen molar-refractivity contribution in [3.63, 3.8) is 0 Å². The third kappa shape index (κ3) is 2.17. The number of aryl methyl sites for hydroxylation is 2. The monoisotopic (exact) mass is 307 g/mol. The lowest BCUT2D eigenvalue weighted by Crippen LogP contribution is -2.04. The maximum absolute atomic E-state index is 6.15. The maximum Gasteiger partial charge on any atom is 0.141 e. The van der Waals surface area contributed by atoms with E-state index < -0.39 is 0 Å². The molecule has 0 radical (unpaired) electrons. The Hall–Kier alpha value is -1.29. The van der Waals surface area contributed by atoms with Crippen LogP contribution in [0.1, 0.15) is 36.6 Å². The SMILES string of the molecule is Cc1ccc(C)c(-n2nc(C(C)C)c(Br)c2N)c1. The largest absolute Gasteiger partial charge is 0.383 e. The van der Waals surface area contributed by atoms with Gasteiger partial charge in [-0.3, -0.25) is 0 Å². The highest BCUT2D eigenvalue weighted by molar-refractivity contribution is 9.10. The molecule has 0 bridgehead atoms. The first-order valence-electron chi connectivity index (χ1n) is 6.03. The highest BCUT2D eigenvalue weighted by Crippen LogP contribution is 2.32. The number of hydrogen-bond donors (Lipinski definition) is 1. The first-order valence-corrected chi connectivity index (χ1v) is 6.82. The highest BCUT2D eigenvalue weighted by atomic mass is 79.9. The lowest BCUT2D eigenvalue weighted by atomic mass is 10.1. The molecule has 0 unspecified atom stereocenters. The van der Waals surface area contributed by atoms with Gasteiger partial charge in [0.25, 0.3) is 0 Å². The zero-order chi connectivity index (χ0) is 13.4. The number of halogens is 1. The molecule has 0 aliphatic heterocycles. The van der Waals surface area contributed by atoms with E-state index in [1.54, 1.807) is 0 Å². The quantitative estimate of drug-likeness (QED) is 0.912. The molecule has 3 nitrogen and oxygen atoms in total. The first kappa shape index (κ1) is 13.1. The van der Waals surface area contributed by atoms with Gasteiger partial charge in [-0.2, -0.15) is 5.10 Å². The van der Waals surface area contributed by atoms with Crippen LogP contribution in [-0.4, -0.2) is 9.78 Å². The van der Waals surface area contributed by atoms with Crippen LogP contribution in [-0.2, 0) is 0 Å². The standard InChI is InChI=1S/C14H18BrN3/c1-8(2)13-12(15)14(16)18(17-13)11-7-9(3)5-6-10(11)4/h5-8H,16H2,1-4H3. The third-order valence-electron chi connectivity index (χ3n) is 3.03. The van der Waals surface area contributed by atoms with Gasteiger partial charge in [0.2, 0.25) is 0 Å². The summed E-state index contributed by atoms with van der Waals surface area (Å²) in [7, 11) is 0. The Kier molecular flexibility index (Phi) is 3.48. The van der Waals surface area contributed by atoms with Gasteiger partial charge in [0.15, 0.2) is 0 Å². The maximum atomic E-state index is 6.15. The molecule has 4 heteroatoms. The van der Waals surface area contributed by atoms with E-state index in [0.717, 1.165) is 21.4 Å². The highest BCUT2D eigenvalue weighted by Gasteiger charge is 2.17. The average molecular weight is 308 g/mol. The van der Waals surface area contributed by atoms with Crippen molar-refractivity contribution in [2.24, 2.45) is 0 Å². The summed E-state index contributed by atoms with van der Waals surface area (Å²) < 4.78 is 2.72. The fraction of sp³-hybridized carbons (Fsp3) is 0.357. The molecule has 96 valence electrons. The van der Waals surface area contributed by atoms with Crippen molar-refractivity contribution in [2.75, 3.05) is 5.73 Å². The van der Waals surface area contributed by atoms with Gasteiger partial charge < -0.3 is 5.73 Å². The van der Waals surface area contributed by atoms with Gasteiger partial charge in [0, 0.05) is 0 Å². The Morgan fingerprint density at radius 1 is 1.28 bits per heavy atom. The Morgan fingerprint density at radius 3 is 2.50 bits per heavy atom. The molecule has 0 atom stereocenters. The molecule has 1 aromatic carbocycles. The normalized spacial score (nSPS) is 11.2. The van der Waals surface area contributed by atoms with Gasteiger partial charge in [-0.15, -0.1) is 0 Å². The molecular formula is C14H18BrN3. The number of nitrogens with two attached hydrogens (primary N) is 1. The fourth-order valence-electron chi connectivity index (χ4n) is 1.93. The summed E-state index contributed by atoms with van der Waals surface area (Å²) in [5, 5.41) is 4.63. The molecular weight excluding hydrogens is 290 g/mol. The van der Waals surface area contributed by atoms with Gasteiger partial charge in [0.05, 0.1) is 15.9 Å². The van der Waals surface area contributed by atoms with Crippen molar-refractivity contribution in [3.8, 4) is 5.69 Å². The summed E-state index contributed by atoms with van der Waals surface area (Å²) in [6.45, 7) is 8.36. The van der Waals surface area contributed by atoms with Crippen LogP contribution in [0.2, 0.25) is 0 Å². The number of nitrogen functional groups attached to an aromatic ring is 1. The van der Waals surface area contributed by atoms with E-state index >= 15 is 0 Å². The minimum Gasteiger partial charge on any atom is -0.383 e. The van der Waals surface area contributed by atoms with Crippen LogP contribution in [0.3, 0.4) is 0 Å². The summed E-state index contributed by atoms with van der Waals surface area (Å²) in [6, 6.07) is 6.29. The predicted octanol–water partition coefficient (Wildman–Crippen LogP) is 3.96. The predicted molar refractivity (Wildman–Crippen MR) is 79.2 cm³/mol. The molecule has 0 spiro atoms. The van der Waals surface area contributed by atoms with Crippen molar-refractivity contribution >= 4 is 21.7 Å². The number of benzene rings is 1. The molecule has 0 aliphatic rings. The summed E-state index contributed by atoms with van der Waals surface area (Å²) in [5.74, 6) is 1.00. The van der Waals surface area contributed by atoms with E-state index in [1.807, 2.05) is 4.68 Å². The number of nitrogens with zero attached hydrogens (tertiary/aromatic N) is 2. The second kappa shape index (κ2) is 4.76. The van der Waals surface area contributed by atoms with Crippen LogP contribution in [0.25, 0.3) is 5.69 Å². The lowest BCUT2D eigenvalue weighted by molar-refractivity contribution is 0.767. The molecule has 0 saturated heterocycles. The molecule has 0 saturated carbocycles. The van der Waals surface area contributed by atoms with Crippen LogP contribution in [0.15, 0.2) is 22.7 Å². The van der Waals surface area contributed by atoms with Gasteiger partial charge in [-0.25, -0.2) is 4.68 Å². The average Bonchev–Trinajstić information content (AvgIpc) is 2.60. The molecule has 1 aromatic heterocycles. The van der Waals surface area contributed by atoms with Gasteiger partial charge in [-0.05, 0) is 52.9 Å². The molecule has 18 heavy (non-hydrogen) atoms. The third-order valence-corrected chi connectivity index (χ3v) is 3.84. The van der Waals surface area contributed by atoms with E-state index in [4.69, 9.17) is 5.73 Å². The van der Waals surface area contributed by atoms with Crippen LogP contribution in [0.4, 0.5) is 5.82 Å². The van der Waals surface area contributed by atoms with Crippen molar-refractivity contribution < 1.29 is 0 Å². The minimum atomic E-state index is 0.341. The topological polar surface area (TPSA) is 43.8 Å². The van der Waals surface area contributed by atoms with E-state index in [2.05, 4.69) is 66.9 Å². The molecule has 0 amide bonds. The number of anilines is 1. The minimum absolute atomic E-state index is 0.341. The second-order valence-electron chi connectivity index (χ2n) is 4.94. The fourth-order valence-corrected chi connectivity index (χ4v) is 2.63.